The summed E-state index contributed by atoms with van der Waals surface area (Å²) in [6, 6.07) is 0. The van der Waals surface area contributed by atoms with Gasteiger partial charge in [0.2, 0.25) is 0 Å². The maximum atomic E-state index is 12.6. The van der Waals surface area contributed by atoms with Crippen molar-refractivity contribution in [1.82, 2.24) is 0 Å². The summed E-state index contributed by atoms with van der Waals surface area (Å²) in [6.45, 7) is 8.71. The summed E-state index contributed by atoms with van der Waals surface area (Å²) < 4.78 is 0. The Bertz CT molecular complexity index is 479. The van der Waals surface area contributed by atoms with E-state index in [4.69, 9.17) is 0 Å². The number of rotatable bonds is 16. The van der Waals surface area contributed by atoms with E-state index >= 15 is 0 Å². The van der Waals surface area contributed by atoms with Crippen LogP contribution >= 0.6 is 0 Å². The Labute approximate surface area is 185 Å². The fourth-order valence-electron chi connectivity index (χ4n) is 6.40. The molecule has 0 aromatic heterocycles. The molecule has 0 radical (unpaired) electrons. The highest BCUT2D eigenvalue weighted by Gasteiger charge is 2.66. The number of unbranched alkanes of at least 4 members (excludes halogenated alkanes) is 8. The standard InChI is InChI=1S/C26H48O4/c1-5-7-9-11-13-17-21(3)25(22(4)18-14-12-10-8-6-2)19-15-16-20-26(25,23(27)28)24(29)30/h21-22H,5-20H2,1-4H3,(H,27,28)(H,29,30). The van der Waals surface area contributed by atoms with E-state index in [1.54, 1.807) is 0 Å². The minimum Gasteiger partial charge on any atom is -0.480 e. The number of carboxylic acids is 2. The number of aliphatic carboxylic acids is 2. The van der Waals surface area contributed by atoms with Gasteiger partial charge in [-0.15, -0.1) is 0 Å². The van der Waals surface area contributed by atoms with Gasteiger partial charge in [0.05, 0.1) is 0 Å². The van der Waals surface area contributed by atoms with Crippen molar-refractivity contribution in [3.05, 3.63) is 0 Å². The molecule has 0 saturated heterocycles. The second kappa shape index (κ2) is 13.4. The Hall–Kier alpha value is -1.06. The summed E-state index contributed by atoms with van der Waals surface area (Å²) >= 11 is 0. The SMILES string of the molecule is CCCCCCCC(C)C1(C(C)CCCCCCC)CCCCC1(C(=O)O)C(=O)O. The molecule has 0 heterocycles. The topological polar surface area (TPSA) is 74.6 Å². The number of hydrogen-bond donors (Lipinski definition) is 2. The molecule has 1 aliphatic rings. The van der Waals surface area contributed by atoms with Gasteiger partial charge in [0.15, 0.2) is 5.41 Å². The molecule has 1 fully saturated rings. The second-order valence-corrected chi connectivity index (χ2v) is 9.97. The molecule has 1 aliphatic carbocycles. The van der Waals surface area contributed by atoms with Gasteiger partial charge in [-0.1, -0.05) is 118 Å². The molecule has 0 bridgehead atoms. The number of hydrogen-bond acceptors (Lipinski definition) is 2. The molecule has 30 heavy (non-hydrogen) atoms. The van der Waals surface area contributed by atoms with Gasteiger partial charge in [0, 0.05) is 5.41 Å². The first-order chi connectivity index (χ1) is 14.3. The van der Waals surface area contributed by atoms with E-state index in [1.807, 2.05) is 0 Å². The van der Waals surface area contributed by atoms with Gasteiger partial charge in [-0.2, -0.15) is 0 Å². The van der Waals surface area contributed by atoms with Gasteiger partial charge >= 0.3 is 11.9 Å². The fourth-order valence-corrected chi connectivity index (χ4v) is 6.40. The summed E-state index contributed by atoms with van der Waals surface area (Å²) in [4.78, 5) is 25.2. The van der Waals surface area contributed by atoms with Crippen LogP contribution in [0.2, 0.25) is 0 Å². The highest BCUT2D eigenvalue weighted by Crippen LogP contribution is 2.61. The van der Waals surface area contributed by atoms with Gasteiger partial charge < -0.3 is 10.2 Å². The molecule has 2 unspecified atom stereocenters. The van der Waals surface area contributed by atoms with Gasteiger partial charge in [-0.05, 0) is 24.7 Å². The molecule has 0 amide bonds. The third-order valence-electron chi connectivity index (χ3n) is 8.16. The maximum absolute atomic E-state index is 12.6. The summed E-state index contributed by atoms with van der Waals surface area (Å²) in [5.74, 6) is -2.00. The zero-order chi connectivity index (χ0) is 22.6. The van der Waals surface area contributed by atoms with Crippen LogP contribution in [0.3, 0.4) is 0 Å². The maximum Gasteiger partial charge on any atom is 0.321 e. The van der Waals surface area contributed by atoms with Crippen molar-refractivity contribution in [3.63, 3.8) is 0 Å². The van der Waals surface area contributed by atoms with Crippen molar-refractivity contribution in [2.75, 3.05) is 0 Å². The Morgan fingerprint density at radius 2 is 1.10 bits per heavy atom. The molecule has 4 heteroatoms. The normalized spacial score (nSPS) is 23.1. The molecule has 4 nitrogen and oxygen atoms in total. The van der Waals surface area contributed by atoms with E-state index < -0.39 is 22.8 Å². The van der Waals surface area contributed by atoms with E-state index in [0.29, 0.717) is 6.42 Å². The van der Waals surface area contributed by atoms with Crippen LogP contribution in [0.5, 0.6) is 0 Å². The molecule has 2 N–H and O–H groups in total. The fraction of sp³-hybridized carbons (Fsp3) is 0.923. The third-order valence-corrected chi connectivity index (χ3v) is 8.16. The molecular formula is C26H48O4. The Morgan fingerprint density at radius 3 is 1.50 bits per heavy atom. The van der Waals surface area contributed by atoms with Crippen molar-refractivity contribution >= 4 is 11.9 Å². The van der Waals surface area contributed by atoms with Crippen LogP contribution in [0.15, 0.2) is 0 Å². The molecule has 0 aromatic rings. The predicted octanol–water partition coefficient (Wildman–Crippen LogP) is 7.70. The smallest absolute Gasteiger partial charge is 0.321 e. The summed E-state index contributed by atoms with van der Waals surface area (Å²) in [7, 11) is 0. The molecule has 0 aromatic carbocycles. The van der Waals surface area contributed by atoms with E-state index in [9.17, 15) is 19.8 Å². The molecule has 0 aliphatic heterocycles. The Morgan fingerprint density at radius 1 is 0.700 bits per heavy atom. The molecule has 0 spiro atoms. The third kappa shape index (κ3) is 6.01. The molecular weight excluding hydrogens is 376 g/mol. The van der Waals surface area contributed by atoms with Crippen molar-refractivity contribution in [2.45, 2.75) is 130 Å². The second-order valence-electron chi connectivity index (χ2n) is 9.97. The lowest BCUT2D eigenvalue weighted by atomic mass is 9.45. The molecule has 176 valence electrons. The lowest BCUT2D eigenvalue weighted by molar-refractivity contribution is -0.194. The van der Waals surface area contributed by atoms with E-state index in [-0.39, 0.29) is 18.3 Å². The van der Waals surface area contributed by atoms with Crippen molar-refractivity contribution in [1.29, 1.82) is 0 Å². The Balaban J connectivity index is 3.12. The van der Waals surface area contributed by atoms with Crippen molar-refractivity contribution < 1.29 is 19.8 Å². The van der Waals surface area contributed by atoms with Crippen LogP contribution in [-0.2, 0) is 9.59 Å². The highest BCUT2D eigenvalue weighted by atomic mass is 16.4. The van der Waals surface area contributed by atoms with E-state index in [2.05, 4.69) is 27.7 Å². The summed E-state index contributed by atoms with van der Waals surface area (Å²) in [6.07, 6.45) is 16.3. The van der Waals surface area contributed by atoms with Crippen LogP contribution < -0.4 is 0 Å². The predicted molar refractivity (Wildman–Crippen MR) is 124 cm³/mol. The average Bonchev–Trinajstić information content (AvgIpc) is 2.72. The quantitative estimate of drug-likeness (QED) is 0.197. The van der Waals surface area contributed by atoms with Crippen LogP contribution in [0, 0.1) is 22.7 Å². The summed E-state index contributed by atoms with van der Waals surface area (Å²) in [5.41, 5.74) is -2.30. The highest BCUT2D eigenvalue weighted by molar-refractivity contribution is 5.99. The summed E-state index contributed by atoms with van der Waals surface area (Å²) in [5, 5.41) is 20.6. The van der Waals surface area contributed by atoms with E-state index in [0.717, 1.165) is 51.4 Å². The first-order valence-corrected chi connectivity index (χ1v) is 12.8. The molecule has 1 saturated carbocycles. The van der Waals surface area contributed by atoms with E-state index in [1.165, 1.54) is 38.5 Å². The van der Waals surface area contributed by atoms with Gasteiger partial charge in [0.25, 0.3) is 0 Å². The van der Waals surface area contributed by atoms with Crippen LogP contribution in [0.4, 0.5) is 0 Å². The first kappa shape index (κ1) is 27.0. The van der Waals surface area contributed by atoms with Crippen LogP contribution in [0.25, 0.3) is 0 Å². The zero-order valence-electron chi connectivity index (χ0n) is 20.2. The Kier molecular flexibility index (Phi) is 12.0. The lowest BCUT2D eigenvalue weighted by Crippen LogP contribution is -2.60. The van der Waals surface area contributed by atoms with Gasteiger partial charge in [0.1, 0.15) is 0 Å². The zero-order valence-corrected chi connectivity index (χ0v) is 20.2. The minimum atomic E-state index is -1.64. The monoisotopic (exact) mass is 424 g/mol. The molecule has 1 rings (SSSR count). The molecule has 2 atom stereocenters. The van der Waals surface area contributed by atoms with Crippen LogP contribution in [0.1, 0.15) is 130 Å². The number of carbonyl (C=O) groups is 2. The van der Waals surface area contributed by atoms with Crippen LogP contribution in [-0.4, -0.2) is 22.2 Å². The first-order valence-electron chi connectivity index (χ1n) is 12.8. The average molecular weight is 425 g/mol. The van der Waals surface area contributed by atoms with Gasteiger partial charge in [-0.25, -0.2) is 0 Å². The largest absolute Gasteiger partial charge is 0.480 e. The van der Waals surface area contributed by atoms with Crippen molar-refractivity contribution in [2.24, 2.45) is 22.7 Å². The lowest BCUT2D eigenvalue weighted by Gasteiger charge is -2.55. The van der Waals surface area contributed by atoms with Crippen molar-refractivity contribution in [3.8, 4) is 0 Å². The number of carboxylic acid groups (broad SMARTS) is 2. The minimum absolute atomic E-state index is 0.109. The van der Waals surface area contributed by atoms with Gasteiger partial charge in [-0.3, -0.25) is 9.59 Å².